The van der Waals surface area contributed by atoms with Crippen LogP contribution in [0, 0.1) is 5.92 Å². The van der Waals surface area contributed by atoms with Gasteiger partial charge >= 0.3 is 6.09 Å². The number of hydrogen-bond acceptors (Lipinski definition) is 4. The molecule has 1 aromatic rings. The number of benzene rings is 1. The van der Waals surface area contributed by atoms with Gasteiger partial charge in [0, 0.05) is 18.6 Å². The third-order valence-electron chi connectivity index (χ3n) is 6.28. The van der Waals surface area contributed by atoms with Crippen molar-refractivity contribution < 1.29 is 18.3 Å². The number of rotatable bonds is 8. The fourth-order valence-electron chi connectivity index (χ4n) is 4.96. The first-order valence-electron chi connectivity index (χ1n) is 10.0. The maximum Gasteiger partial charge on any atom is 0.405 e. The molecule has 1 atom stereocenters. The lowest BCUT2D eigenvalue weighted by Crippen LogP contribution is -2.64. The Morgan fingerprint density at radius 2 is 2.00 bits per heavy atom. The quantitative estimate of drug-likeness (QED) is 0.644. The zero-order valence-corrected chi connectivity index (χ0v) is 17.2. The molecule has 3 fully saturated rings. The van der Waals surface area contributed by atoms with Gasteiger partial charge in [-0.3, -0.25) is 4.90 Å². The van der Waals surface area contributed by atoms with Crippen molar-refractivity contribution in [2.75, 3.05) is 18.8 Å². The van der Waals surface area contributed by atoms with Crippen molar-refractivity contribution in [2.24, 2.45) is 5.92 Å². The van der Waals surface area contributed by atoms with Crippen molar-refractivity contribution in [3.63, 3.8) is 0 Å². The number of carboxylic acid groups (broad SMARTS) is 1. The zero-order valence-electron chi connectivity index (χ0n) is 16.4. The molecule has 2 aliphatic heterocycles. The molecule has 28 heavy (non-hydrogen) atoms. The second-order valence-corrected chi connectivity index (χ2v) is 10.1. The Morgan fingerprint density at radius 3 is 2.54 bits per heavy atom. The standard InChI is InChI=1S/C21H30N2O4S/c1-3-13-23-15-16-9-11-21(23,12-10-16)19(22-20(24)25)17-5-7-18(8-6-17)28(26,27)14-4-2/h3,5-8,16,19,22H,1,4,9-15H2,2H3,(H,24,25). The highest BCUT2D eigenvalue weighted by molar-refractivity contribution is 7.91. The van der Waals surface area contributed by atoms with E-state index in [0.29, 0.717) is 17.2 Å². The Morgan fingerprint density at radius 1 is 1.36 bits per heavy atom. The Hall–Kier alpha value is -1.86. The maximum atomic E-state index is 12.3. The molecule has 154 valence electrons. The molecule has 1 saturated carbocycles. The van der Waals surface area contributed by atoms with E-state index in [9.17, 15) is 18.3 Å². The molecule has 2 N–H and O–H groups in total. The summed E-state index contributed by atoms with van der Waals surface area (Å²) in [5, 5.41) is 12.3. The Balaban J connectivity index is 1.98. The first-order valence-corrected chi connectivity index (χ1v) is 11.7. The van der Waals surface area contributed by atoms with E-state index in [1.807, 2.05) is 13.0 Å². The van der Waals surface area contributed by atoms with Crippen LogP contribution in [0.3, 0.4) is 0 Å². The SMILES string of the molecule is C=CCN1CC2CCC1(C(NC(=O)O)c1ccc(S(=O)(=O)CCC)cc1)CC2. The molecule has 1 unspecified atom stereocenters. The Bertz CT molecular complexity index is 811. The Labute approximate surface area is 167 Å². The lowest BCUT2D eigenvalue weighted by atomic mass is 9.65. The summed E-state index contributed by atoms with van der Waals surface area (Å²) in [6.07, 6.45) is 5.41. The topological polar surface area (TPSA) is 86.7 Å². The second-order valence-electron chi connectivity index (χ2n) is 8.01. The fourth-order valence-corrected chi connectivity index (χ4v) is 6.28. The molecule has 7 heteroatoms. The van der Waals surface area contributed by atoms with Crippen LogP contribution in [0.2, 0.25) is 0 Å². The first-order chi connectivity index (χ1) is 13.3. The Kier molecular flexibility index (Phi) is 6.15. The van der Waals surface area contributed by atoms with E-state index >= 15 is 0 Å². The molecule has 2 bridgehead atoms. The van der Waals surface area contributed by atoms with Gasteiger partial charge in [0.2, 0.25) is 0 Å². The highest BCUT2D eigenvalue weighted by atomic mass is 32.2. The van der Waals surface area contributed by atoms with Gasteiger partial charge in [0.05, 0.1) is 16.7 Å². The number of fused-ring (bicyclic) bond motifs is 3. The van der Waals surface area contributed by atoms with Crippen molar-refractivity contribution in [1.82, 2.24) is 10.2 Å². The molecule has 3 aliphatic rings. The molecule has 0 aromatic heterocycles. The number of nitrogens with zero attached hydrogens (tertiary/aromatic N) is 1. The maximum absolute atomic E-state index is 12.3. The highest BCUT2D eigenvalue weighted by Crippen LogP contribution is 2.49. The number of nitrogens with one attached hydrogen (secondary N) is 1. The van der Waals surface area contributed by atoms with Crippen LogP contribution in [0.25, 0.3) is 0 Å². The molecule has 0 spiro atoms. The lowest BCUT2D eigenvalue weighted by molar-refractivity contribution is -0.0507. The molecule has 1 aromatic carbocycles. The number of hydrogen-bond donors (Lipinski definition) is 2. The van der Waals surface area contributed by atoms with Gasteiger partial charge in [0.25, 0.3) is 0 Å². The summed E-state index contributed by atoms with van der Waals surface area (Å²) in [4.78, 5) is 14.3. The van der Waals surface area contributed by atoms with Gasteiger partial charge in [-0.05, 0) is 55.7 Å². The van der Waals surface area contributed by atoms with Crippen LogP contribution in [0.5, 0.6) is 0 Å². The van der Waals surface area contributed by atoms with Crippen LogP contribution in [-0.2, 0) is 9.84 Å². The van der Waals surface area contributed by atoms with Gasteiger partial charge in [-0.1, -0.05) is 25.1 Å². The largest absolute Gasteiger partial charge is 0.465 e. The van der Waals surface area contributed by atoms with Crippen LogP contribution in [0.1, 0.15) is 50.6 Å². The lowest BCUT2D eigenvalue weighted by Gasteiger charge is -2.57. The number of sulfone groups is 1. The van der Waals surface area contributed by atoms with E-state index in [4.69, 9.17) is 0 Å². The van der Waals surface area contributed by atoms with E-state index in [0.717, 1.165) is 44.3 Å². The predicted octanol–water partition coefficient (Wildman–Crippen LogP) is 3.61. The molecule has 4 rings (SSSR count). The van der Waals surface area contributed by atoms with Crippen LogP contribution >= 0.6 is 0 Å². The average molecular weight is 407 g/mol. The molecule has 0 radical (unpaired) electrons. The summed E-state index contributed by atoms with van der Waals surface area (Å²) < 4.78 is 24.7. The molecular weight excluding hydrogens is 376 g/mol. The molecule has 2 saturated heterocycles. The van der Waals surface area contributed by atoms with E-state index in [-0.39, 0.29) is 11.3 Å². The molecule has 1 amide bonds. The van der Waals surface area contributed by atoms with Gasteiger partial charge in [0.1, 0.15) is 0 Å². The minimum absolute atomic E-state index is 0.113. The molecule has 2 heterocycles. The van der Waals surface area contributed by atoms with Crippen LogP contribution < -0.4 is 5.32 Å². The molecule has 6 nitrogen and oxygen atoms in total. The zero-order chi connectivity index (χ0) is 20.4. The van der Waals surface area contributed by atoms with Crippen molar-refractivity contribution in [2.45, 2.75) is 55.5 Å². The first kappa shape index (κ1) is 20.9. The van der Waals surface area contributed by atoms with Crippen molar-refractivity contribution in [3.05, 3.63) is 42.5 Å². The predicted molar refractivity (Wildman–Crippen MR) is 109 cm³/mol. The average Bonchev–Trinajstić information content (AvgIpc) is 2.67. The highest BCUT2D eigenvalue weighted by Gasteiger charge is 2.51. The summed E-state index contributed by atoms with van der Waals surface area (Å²) in [5.41, 5.74) is 0.512. The van der Waals surface area contributed by atoms with Crippen LogP contribution in [-0.4, -0.2) is 48.9 Å². The van der Waals surface area contributed by atoms with Gasteiger partial charge in [-0.25, -0.2) is 13.2 Å². The smallest absolute Gasteiger partial charge is 0.405 e. The molecular formula is C21H30N2O4S. The summed E-state index contributed by atoms with van der Waals surface area (Å²) in [6.45, 7) is 7.38. The summed E-state index contributed by atoms with van der Waals surface area (Å²) in [7, 11) is -3.29. The number of piperidine rings is 2. The van der Waals surface area contributed by atoms with Crippen LogP contribution in [0.4, 0.5) is 4.79 Å². The fraction of sp³-hybridized carbons (Fsp3) is 0.571. The number of carbonyl (C=O) groups is 1. The van der Waals surface area contributed by atoms with E-state index in [1.54, 1.807) is 24.3 Å². The van der Waals surface area contributed by atoms with Crippen LogP contribution in [0.15, 0.2) is 41.8 Å². The van der Waals surface area contributed by atoms with Crippen molar-refractivity contribution >= 4 is 15.9 Å². The van der Waals surface area contributed by atoms with Gasteiger partial charge < -0.3 is 10.4 Å². The van der Waals surface area contributed by atoms with Gasteiger partial charge in [-0.15, -0.1) is 6.58 Å². The van der Waals surface area contributed by atoms with E-state index in [2.05, 4.69) is 16.8 Å². The monoisotopic (exact) mass is 406 g/mol. The summed E-state index contributed by atoms with van der Waals surface area (Å²) in [6, 6.07) is 6.35. The van der Waals surface area contributed by atoms with E-state index < -0.39 is 22.0 Å². The van der Waals surface area contributed by atoms with Crippen molar-refractivity contribution in [1.29, 1.82) is 0 Å². The minimum atomic E-state index is -3.29. The minimum Gasteiger partial charge on any atom is -0.465 e. The van der Waals surface area contributed by atoms with Gasteiger partial charge in [0.15, 0.2) is 9.84 Å². The third-order valence-corrected chi connectivity index (χ3v) is 8.22. The second kappa shape index (κ2) is 8.25. The van der Waals surface area contributed by atoms with Crippen molar-refractivity contribution in [3.8, 4) is 0 Å². The normalized spacial score (nSPS) is 26.0. The van der Waals surface area contributed by atoms with Gasteiger partial charge in [-0.2, -0.15) is 0 Å². The van der Waals surface area contributed by atoms with E-state index in [1.165, 1.54) is 0 Å². The third kappa shape index (κ3) is 3.96. The number of amides is 1. The summed E-state index contributed by atoms with van der Waals surface area (Å²) >= 11 is 0. The summed E-state index contributed by atoms with van der Waals surface area (Å²) in [5.74, 6) is 0.774. The molecule has 1 aliphatic carbocycles.